The van der Waals surface area contributed by atoms with Crippen molar-refractivity contribution >= 4 is 0 Å². The van der Waals surface area contributed by atoms with E-state index in [1.54, 1.807) is 0 Å². The Bertz CT molecular complexity index is 827. The number of rotatable bonds is 7. The van der Waals surface area contributed by atoms with Crippen molar-refractivity contribution in [3.05, 3.63) is 60.4 Å². The number of hydrogen-bond donors (Lipinski definition) is 0. The van der Waals surface area contributed by atoms with Crippen LogP contribution in [0.2, 0.25) is 0 Å². The summed E-state index contributed by atoms with van der Waals surface area (Å²) in [5.74, 6) is -2.90. The van der Waals surface area contributed by atoms with Crippen molar-refractivity contribution in [1.29, 1.82) is 0 Å². The van der Waals surface area contributed by atoms with Crippen LogP contribution in [0.4, 0.5) is 0 Å². The third-order valence-electron chi connectivity index (χ3n) is 6.43. The predicted molar refractivity (Wildman–Crippen MR) is 92.5 cm³/mol. The highest BCUT2D eigenvalue weighted by Crippen LogP contribution is 2.56. The average Bonchev–Trinajstić information content (AvgIpc) is 2.99. The van der Waals surface area contributed by atoms with Crippen molar-refractivity contribution in [2.75, 3.05) is 0 Å². The first-order valence-corrected chi connectivity index (χ1v) is 9.27. The lowest BCUT2D eigenvalue weighted by Crippen LogP contribution is -2.70. The van der Waals surface area contributed by atoms with Crippen LogP contribution < -0.4 is 0 Å². The monoisotopic (exact) mass is 409 g/mol. The molecule has 0 spiro atoms. The molecule has 13 nitrogen and oxygen atoms in total. The second-order valence-corrected chi connectivity index (χ2v) is 7.71. The van der Waals surface area contributed by atoms with Gasteiger partial charge in [0.1, 0.15) is 22.4 Å². The van der Waals surface area contributed by atoms with Crippen LogP contribution in [-0.4, -0.2) is 41.9 Å². The highest BCUT2D eigenvalue weighted by atomic mass is 17.0. The Balaban J connectivity index is 1.71. The zero-order chi connectivity index (χ0) is 20.9. The zero-order valence-corrected chi connectivity index (χ0v) is 15.3. The Morgan fingerprint density at radius 2 is 1.59 bits per heavy atom. The summed E-state index contributed by atoms with van der Waals surface area (Å²) in [5.41, 5.74) is -2.32. The van der Waals surface area contributed by atoms with Crippen LogP contribution in [-0.2, 0) is 9.68 Å². The molecule has 4 rings (SSSR count). The maximum absolute atomic E-state index is 11.8. The largest absolute Gasteiger partial charge is 0.569 e. The molecule has 2 aliphatic carbocycles. The van der Waals surface area contributed by atoms with Gasteiger partial charge in [-0.25, -0.2) is 4.84 Å². The van der Waals surface area contributed by atoms with E-state index in [1.807, 2.05) is 0 Å². The fourth-order valence-corrected chi connectivity index (χ4v) is 4.38. The van der Waals surface area contributed by atoms with Crippen LogP contribution >= 0.6 is 0 Å². The van der Waals surface area contributed by atoms with E-state index >= 15 is 0 Å². The summed E-state index contributed by atoms with van der Waals surface area (Å²) in [6.07, 6.45) is 3.55. The molecule has 1 aromatic heterocycles. The van der Waals surface area contributed by atoms with Gasteiger partial charge in [-0.1, -0.05) is 0 Å². The molecule has 1 aliphatic heterocycles. The van der Waals surface area contributed by atoms with Crippen molar-refractivity contribution in [3.63, 3.8) is 0 Å². The minimum Gasteiger partial charge on any atom is -0.265 e. The average molecular weight is 409 g/mol. The fourth-order valence-electron chi connectivity index (χ4n) is 4.38. The van der Waals surface area contributed by atoms with Gasteiger partial charge in [0, 0.05) is 30.2 Å². The van der Waals surface area contributed by atoms with Gasteiger partial charge in [0.25, 0.3) is 5.54 Å². The zero-order valence-electron chi connectivity index (χ0n) is 15.3. The van der Waals surface area contributed by atoms with Crippen molar-refractivity contribution in [1.82, 2.24) is 10.2 Å². The standard InChI is InChI=1S/C16H19N5O8/c22-18(23)14(5-1-6-14)15(7-2-8-15)29-21-16(19(24)25,20(26)27)11-13(28-21)12-3-9-17-10-4-12/h3-4,9-10,13H,1-2,5-8,11H2. The SMILES string of the molecule is O=[N+]([O-])C1([N+](=O)[O-])CC(c2ccncc2)ON1OC1(C2([N+](=O)[O-])CCC2)CCC1. The van der Waals surface area contributed by atoms with E-state index in [-0.39, 0.29) is 25.7 Å². The Morgan fingerprint density at radius 3 is 2.00 bits per heavy atom. The molecule has 13 heteroatoms. The number of nitrogens with zero attached hydrogens (tertiary/aromatic N) is 5. The van der Waals surface area contributed by atoms with Gasteiger partial charge in [-0.15, -0.1) is 0 Å². The molecular weight excluding hydrogens is 390 g/mol. The van der Waals surface area contributed by atoms with Gasteiger partial charge in [0.05, 0.1) is 5.23 Å². The Morgan fingerprint density at radius 1 is 1.00 bits per heavy atom. The normalized spacial score (nSPS) is 26.8. The van der Waals surface area contributed by atoms with E-state index in [0.29, 0.717) is 23.6 Å². The van der Waals surface area contributed by atoms with Crippen molar-refractivity contribution in [3.8, 4) is 0 Å². The molecule has 0 amide bonds. The number of hydroxylamine groups is 2. The van der Waals surface area contributed by atoms with Gasteiger partial charge in [-0.3, -0.25) is 40.2 Å². The lowest BCUT2D eigenvalue weighted by Gasteiger charge is -2.53. The molecule has 0 radical (unpaired) electrons. The highest BCUT2D eigenvalue weighted by Gasteiger charge is 2.76. The smallest absolute Gasteiger partial charge is 0.265 e. The number of aromatic nitrogens is 1. The lowest BCUT2D eigenvalue weighted by molar-refractivity contribution is -0.855. The number of pyridine rings is 1. The summed E-state index contributed by atoms with van der Waals surface area (Å²) in [4.78, 5) is 48.1. The Labute approximate surface area is 164 Å². The molecule has 1 unspecified atom stereocenters. The third kappa shape index (κ3) is 2.61. The molecule has 0 N–H and O–H groups in total. The van der Waals surface area contributed by atoms with E-state index < -0.39 is 44.2 Å². The summed E-state index contributed by atoms with van der Waals surface area (Å²) in [6, 6.07) is 3.06. The molecule has 3 fully saturated rings. The van der Waals surface area contributed by atoms with E-state index in [1.165, 1.54) is 24.5 Å². The maximum atomic E-state index is 11.8. The van der Waals surface area contributed by atoms with Gasteiger partial charge >= 0.3 is 5.79 Å². The molecule has 29 heavy (non-hydrogen) atoms. The van der Waals surface area contributed by atoms with Crippen molar-refractivity contribution < 1.29 is 24.4 Å². The molecular formula is C16H19N5O8. The van der Waals surface area contributed by atoms with E-state index in [0.717, 1.165) is 0 Å². The Kier molecular flexibility index (Phi) is 4.47. The lowest BCUT2D eigenvalue weighted by atomic mass is 9.57. The molecule has 2 saturated carbocycles. The van der Waals surface area contributed by atoms with E-state index in [4.69, 9.17) is 9.68 Å². The molecule has 1 atom stereocenters. The minimum atomic E-state index is -2.90. The second-order valence-electron chi connectivity index (χ2n) is 7.71. The van der Waals surface area contributed by atoms with Crippen LogP contribution in [0.25, 0.3) is 0 Å². The Hall–Kier alpha value is -2.77. The van der Waals surface area contributed by atoms with Crippen LogP contribution in [0.1, 0.15) is 56.6 Å². The van der Waals surface area contributed by atoms with Crippen LogP contribution in [0.5, 0.6) is 0 Å². The van der Waals surface area contributed by atoms with Crippen molar-refractivity contribution in [2.24, 2.45) is 0 Å². The van der Waals surface area contributed by atoms with Gasteiger partial charge in [0.15, 0.2) is 5.60 Å². The summed E-state index contributed by atoms with van der Waals surface area (Å²) < 4.78 is 0. The first-order valence-electron chi connectivity index (χ1n) is 9.27. The maximum Gasteiger partial charge on any atom is 0.569 e. The first kappa shape index (κ1) is 19.5. The van der Waals surface area contributed by atoms with Crippen LogP contribution in [0, 0.1) is 30.3 Å². The fraction of sp³-hybridized carbons (Fsp3) is 0.688. The summed E-state index contributed by atoms with van der Waals surface area (Å²) in [6.45, 7) is 0. The molecule has 3 aliphatic rings. The molecule has 2 heterocycles. The minimum absolute atomic E-state index is 0.256. The number of hydrogen-bond acceptors (Lipinski definition) is 10. The highest BCUT2D eigenvalue weighted by molar-refractivity contribution is 5.15. The molecule has 1 aromatic rings. The summed E-state index contributed by atoms with van der Waals surface area (Å²) >= 11 is 0. The van der Waals surface area contributed by atoms with Crippen LogP contribution in [0.15, 0.2) is 24.5 Å². The first-order chi connectivity index (χ1) is 13.8. The topological polar surface area (TPSA) is 164 Å². The molecule has 0 aromatic carbocycles. The summed E-state index contributed by atoms with van der Waals surface area (Å²) in [7, 11) is 0. The van der Waals surface area contributed by atoms with Gasteiger partial charge in [-0.2, -0.15) is 0 Å². The number of nitro groups is 3. The predicted octanol–water partition coefficient (Wildman–Crippen LogP) is 2.02. The molecule has 1 saturated heterocycles. The van der Waals surface area contributed by atoms with E-state index in [2.05, 4.69) is 4.98 Å². The third-order valence-corrected chi connectivity index (χ3v) is 6.43. The second kappa shape index (κ2) is 6.64. The molecule has 156 valence electrons. The van der Waals surface area contributed by atoms with Crippen molar-refractivity contribution in [2.45, 2.75) is 68.0 Å². The molecule has 0 bridgehead atoms. The van der Waals surface area contributed by atoms with Crippen LogP contribution in [0.3, 0.4) is 0 Å². The van der Waals surface area contributed by atoms with Gasteiger partial charge in [-0.05, 0) is 43.4 Å². The summed E-state index contributed by atoms with van der Waals surface area (Å²) in [5, 5.41) is 35.8. The quantitative estimate of drug-likeness (QED) is 0.369. The van der Waals surface area contributed by atoms with Gasteiger partial charge in [0.2, 0.25) is 0 Å². The van der Waals surface area contributed by atoms with Gasteiger partial charge < -0.3 is 0 Å². The van der Waals surface area contributed by atoms with E-state index in [9.17, 15) is 30.3 Å².